The fraction of sp³-hybridized carbons (Fsp3) is 0.381. The van der Waals surface area contributed by atoms with Crippen molar-refractivity contribution in [2.75, 3.05) is 18.4 Å². The summed E-state index contributed by atoms with van der Waals surface area (Å²) in [5.41, 5.74) is 1.43. The molecule has 1 saturated heterocycles. The molecule has 1 heterocycles. The maximum atomic E-state index is 13.1. The highest BCUT2D eigenvalue weighted by Crippen LogP contribution is 2.28. The number of halogens is 2. The van der Waals surface area contributed by atoms with E-state index in [1.807, 2.05) is 12.1 Å². The molecule has 156 valence electrons. The van der Waals surface area contributed by atoms with E-state index in [0.29, 0.717) is 24.4 Å². The van der Waals surface area contributed by atoms with Gasteiger partial charge in [0, 0.05) is 19.0 Å². The number of rotatable bonds is 5. The molecule has 0 aliphatic carbocycles. The van der Waals surface area contributed by atoms with Gasteiger partial charge in [0.2, 0.25) is 15.9 Å². The molecule has 0 bridgehead atoms. The number of anilines is 1. The first-order valence-electron chi connectivity index (χ1n) is 9.54. The standard InChI is InChI=1S/C21H24ClFN2O3S/c1-14(2)15-3-6-18(7-4-15)29(27,28)25-11-9-16(10-12-25)21(26)24-20-8-5-17(23)13-19(20)22/h3-8,13-14,16H,9-12H2,1-2H3,(H,24,26). The van der Waals surface area contributed by atoms with Gasteiger partial charge in [0.25, 0.3) is 0 Å². The van der Waals surface area contributed by atoms with Crippen molar-refractivity contribution in [2.24, 2.45) is 5.92 Å². The van der Waals surface area contributed by atoms with E-state index in [4.69, 9.17) is 11.6 Å². The minimum Gasteiger partial charge on any atom is -0.325 e. The predicted molar refractivity (Wildman–Crippen MR) is 112 cm³/mol. The van der Waals surface area contributed by atoms with Gasteiger partial charge in [-0.1, -0.05) is 37.6 Å². The van der Waals surface area contributed by atoms with Crippen LogP contribution in [0.1, 0.15) is 38.2 Å². The highest BCUT2D eigenvalue weighted by molar-refractivity contribution is 7.89. The van der Waals surface area contributed by atoms with Crippen molar-refractivity contribution < 1.29 is 17.6 Å². The van der Waals surface area contributed by atoms with Crippen molar-refractivity contribution in [3.63, 3.8) is 0 Å². The van der Waals surface area contributed by atoms with Crippen LogP contribution in [-0.2, 0) is 14.8 Å². The first kappa shape index (κ1) is 21.7. The zero-order valence-electron chi connectivity index (χ0n) is 16.4. The van der Waals surface area contributed by atoms with Crippen LogP contribution in [0.25, 0.3) is 0 Å². The van der Waals surface area contributed by atoms with Crippen LogP contribution in [-0.4, -0.2) is 31.7 Å². The summed E-state index contributed by atoms with van der Waals surface area (Å²) in [6.07, 6.45) is 0.821. The summed E-state index contributed by atoms with van der Waals surface area (Å²) < 4.78 is 40.3. The number of amides is 1. The van der Waals surface area contributed by atoms with E-state index < -0.39 is 15.8 Å². The Kier molecular flexibility index (Phi) is 6.61. The Morgan fingerprint density at radius 1 is 1.14 bits per heavy atom. The third-order valence-electron chi connectivity index (χ3n) is 5.20. The summed E-state index contributed by atoms with van der Waals surface area (Å²) in [5, 5.41) is 2.83. The van der Waals surface area contributed by atoms with Crippen molar-refractivity contribution in [1.29, 1.82) is 0 Å². The summed E-state index contributed by atoms with van der Waals surface area (Å²) in [6, 6.07) is 10.7. The molecule has 0 unspecified atom stereocenters. The second-order valence-corrected chi connectivity index (χ2v) is 9.86. The number of nitrogens with zero attached hydrogens (tertiary/aromatic N) is 1. The molecule has 1 aliphatic rings. The molecule has 3 rings (SSSR count). The van der Waals surface area contributed by atoms with Gasteiger partial charge in [-0.3, -0.25) is 4.79 Å². The molecule has 1 N–H and O–H groups in total. The Morgan fingerprint density at radius 2 is 1.76 bits per heavy atom. The third-order valence-corrected chi connectivity index (χ3v) is 7.42. The fourth-order valence-electron chi connectivity index (χ4n) is 3.36. The molecule has 8 heteroatoms. The van der Waals surface area contributed by atoms with Crippen LogP contribution in [0.15, 0.2) is 47.4 Å². The van der Waals surface area contributed by atoms with Gasteiger partial charge in [0.15, 0.2) is 0 Å². The Balaban J connectivity index is 1.62. The van der Waals surface area contributed by atoms with E-state index in [1.54, 1.807) is 12.1 Å². The molecule has 0 saturated carbocycles. The number of hydrogen-bond acceptors (Lipinski definition) is 3. The molecule has 0 atom stereocenters. The molecule has 2 aromatic rings. The minimum absolute atomic E-state index is 0.128. The van der Waals surface area contributed by atoms with Crippen molar-refractivity contribution in [2.45, 2.75) is 37.5 Å². The van der Waals surface area contributed by atoms with E-state index in [9.17, 15) is 17.6 Å². The smallest absolute Gasteiger partial charge is 0.243 e. The van der Waals surface area contributed by atoms with Crippen LogP contribution >= 0.6 is 11.6 Å². The lowest BCUT2D eigenvalue weighted by atomic mass is 9.97. The molecule has 1 fully saturated rings. The monoisotopic (exact) mass is 438 g/mol. The highest BCUT2D eigenvalue weighted by atomic mass is 35.5. The lowest BCUT2D eigenvalue weighted by Gasteiger charge is -2.30. The highest BCUT2D eigenvalue weighted by Gasteiger charge is 2.32. The van der Waals surface area contributed by atoms with Gasteiger partial charge in [-0.2, -0.15) is 4.31 Å². The lowest BCUT2D eigenvalue weighted by molar-refractivity contribution is -0.120. The van der Waals surface area contributed by atoms with Gasteiger partial charge in [-0.15, -0.1) is 0 Å². The maximum Gasteiger partial charge on any atom is 0.243 e. The Labute approximate surface area is 175 Å². The zero-order chi connectivity index (χ0) is 21.2. The van der Waals surface area contributed by atoms with Gasteiger partial charge in [-0.25, -0.2) is 12.8 Å². The molecule has 0 aromatic heterocycles. The van der Waals surface area contributed by atoms with Crippen LogP contribution < -0.4 is 5.32 Å². The normalized spacial score (nSPS) is 16.2. The van der Waals surface area contributed by atoms with Crippen LogP contribution in [0.5, 0.6) is 0 Å². The van der Waals surface area contributed by atoms with E-state index in [-0.39, 0.29) is 34.8 Å². The largest absolute Gasteiger partial charge is 0.325 e. The summed E-state index contributed by atoms with van der Waals surface area (Å²) in [5.74, 6) is -0.716. The number of piperidine rings is 1. The second-order valence-electron chi connectivity index (χ2n) is 7.52. The molecule has 0 spiro atoms. The topological polar surface area (TPSA) is 66.5 Å². The summed E-state index contributed by atoms with van der Waals surface area (Å²) in [4.78, 5) is 12.8. The average Bonchev–Trinajstić information content (AvgIpc) is 2.70. The van der Waals surface area contributed by atoms with Crippen LogP contribution in [0, 0.1) is 11.7 Å². The average molecular weight is 439 g/mol. The van der Waals surface area contributed by atoms with E-state index in [2.05, 4.69) is 19.2 Å². The van der Waals surface area contributed by atoms with Gasteiger partial charge < -0.3 is 5.32 Å². The first-order valence-corrected chi connectivity index (χ1v) is 11.4. The zero-order valence-corrected chi connectivity index (χ0v) is 17.9. The molecule has 1 aliphatic heterocycles. The Bertz CT molecular complexity index is 985. The van der Waals surface area contributed by atoms with Crippen molar-refractivity contribution in [3.05, 3.63) is 58.9 Å². The Morgan fingerprint density at radius 3 is 2.31 bits per heavy atom. The maximum absolute atomic E-state index is 13.1. The molecule has 0 radical (unpaired) electrons. The molecule has 1 amide bonds. The van der Waals surface area contributed by atoms with E-state index >= 15 is 0 Å². The molecule has 29 heavy (non-hydrogen) atoms. The van der Waals surface area contributed by atoms with Crippen LogP contribution in [0.4, 0.5) is 10.1 Å². The minimum atomic E-state index is -3.59. The molecular formula is C21H24ClFN2O3S. The lowest BCUT2D eigenvalue weighted by Crippen LogP contribution is -2.41. The number of benzene rings is 2. The number of carbonyl (C=O) groups excluding carboxylic acids is 1. The van der Waals surface area contributed by atoms with Crippen molar-refractivity contribution in [3.8, 4) is 0 Å². The number of carbonyl (C=O) groups is 1. The predicted octanol–water partition coefficient (Wildman–Crippen LogP) is 4.64. The van der Waals surface area contributed by atoms with Crippen LogP contribution in [0.2, 0.25) is 5.02 Å². The van der Waals surface area contributed by atoms with E-state index in [1.165, 1.54) is 16.4 Å². The molecule has 5 nitrogen and oxygen atoms in total. The fourth-order valence-corrected chi connectivity index (χ4v) is 5.04. The number of hydrogen-bond donors (Lipinski definition) is 1. The summed E-state index contributed by atoms with van der Waals surface area (Å²) in [6.45, 7) is 4.64. The summed E-state index contributed by atoms with van der Waals surface area (Å²) >= 11 is 5.95. The van der Waals surface area contributed by atoms with Crippen molar-refractivity contribution in [1.82, 2.24) is 4.31 Å². The SMILES string of the molecule is CC(C)c1ccc(S(=O)(=O)N2CCC(C(=O)Nc3ccc(F)cc3Cl)CC2)cc1. The van der Waals surface area contributed by atoms with Gasteiger partial charge in [0.1, 0.15) is 5.82 Å². The van der Waals surface area contributed by atoms with Crippen molar-refractivity contribution >= 4 is 33.2 Å². The number of nitrogens with one attached hydrogen (secondary N) is 1. The third kappa shape index (κ3) is 4.97. The first-order chi connectivity index (χ1) is 13.7. The second kappa shape index (κ2) is 8.81. The number of sulfonamides is 1. The summed E-state index contributed by atoms with van der Waals surface area (Å²) in [7, 11) is -3.59. The van der Waals surface area contributed by atoms with Crippen LogP contribution in [0.3, 0.4) is 0 Å². The van der Waals surface area contributed by atoms with Gasteiger partial charge in [0.05, 0.1) is 15.6 Å². The molecular weight excluding hydrogens is 415 g/mol. The Hall–Kier alpha value is -1.96. The molecule has 2 aromatic carbocycles. The quantitative estimate of drug-likeness (QED) is 0.739. The van der Waals surface area contributed by atoms with E-state index in [0.717, 1.165) is 11.6 Å². The van der Waals surface area contributed by atoms with Gasteiger partial charge >= 0.3 is 0 Å². The van der Waals surface area contributed by atoms with Gasteiger partial charge in [-0.05, 0) is 54.7 Å².